The van der Waals surface area contributed by atoms with Crippen LogP contribution in [-0.2, 0) is 0 Å². The third kappa shape index (κ3) is 1.51. The summed E-state index contributed by atoms with van der Waals surface area (Å²) < 4.78 is 0. The van der Waals surface area contributed by atoms with E-state index in [-0.39, 0.29) is 0 Å². The molecule has 0 aliphatic carbocycles. The first kappa shape index (κ1) is 8.56. The van der Waals surface area contributed by atoms with E-state index in [1.165, 1.54) is 0 Å². The van der Waals surface area contributed by atoms with Crippen molar-refractivity contribution in [1.82, 2.24) is 9.97 Å². The first-order valence-corrected chi connectivity index (χ1v) is 5.57. The molecule has 0 amide bonds. The number of rotatable bonds is 1. The quantitative estimate of drug-likeness (QED) is 0.618. The molecule has 3 heteroatoms. The average molecular weight is 212 g/mol. The Labute approximate surface area is 91.2 Å². The molecule has 0 bridgehead atoms. The van der Waals surface area contributed by atoms with E-state index in [1.54, 1.807) is 11.3 Å². The highest BCUT2D eigenvalue weighted by molar-refractivity contribution is 7.16. The molecule has 0 unspecified atom stereocenters. The third-order valence-corrected chi connectivity index (χ3v) is 3.05. The average Bonchev–Trinajstić information content (AvgIpc) is 2.77. The van der Waals surface area contributed by atoms with Crippen molar-refractivity contribution in [3.05, 3.63) is 48.0 Å². The zero-order valence-corrected chi connectivity index (χ0v) is 8.74. The molecule has 3 aromatic rings. The molecule has 0 saturated heterocycles. The van der Waals surface area contributed by atoms with Crippen molar-refractivity contribution >= 4 is 21.7 Å². The lowest BCUT2D eigenvalue weighted by molar-refractivity contribution is 1.31. The highest BCUT2D eigenvalue weighted by Crippen LogP contribution is 2.21. The summed E-state index contributed by atoms with van der Waals surface area (Å²) in [5, 5.41) is 2.01. The van der Waals surface area contributed by atoms with E-state index in [2.05, 4.69) is 9.97 Å². The maximum Gasteiger partial charge on any atom is 0.141 e. The normalized spacial score (nSPS) is 10.7. The Kier molecular flexibility index (Phi) is 1.96. The standard InChI is InChI=1S/C12H8N2S/c1-2-4-9(5-3-1)11-8-13-12-10(14-11)6-7-15-12/h1-8H. The zero-order valence-electron chi connectivity index (χ0n) is 7.92. The molecular weight excluding hydrogens is 204 g/mol. The summed E-state index contributed by atoms with van der Waals surface area (Å²) in [7, 11) is 0. The van der Waals surface area contributed by atoms with Gasteiger partial charge < -0.3 is 0 Å². The van der Waals surface area contributed by atoms with E-state index < -0.39 is 0 Å². The predicted molar refractivity (Wildman–Crippen MR) is 62.9 cm³/mol. The summed E-state index contributed by atoms with van der Waals surface area (Å²) in [6.45, 7) is 0. The first-order chi connectivity index (χ1) is 7.43. The summed E-state index contributed by atoms with van der Waals surface area (Å²) in [5.74, 6) is 0. The van der Waals surface area contributed by atoms with Gasteiger partial charge in [-0.3, -0.25) is 0 Å². The Bertz CT molecular complexity index is 587. The summed E-state index contributed by atoms with van der Waals surface area (Å²) >= 11 is 1.62. The number of aromatic nitrogens is 2. The summed E-state index contributed by atoms with van der Waals surface area (Å²) in [6, 6.07) is 12.1. The maximum atomic E-state index is 4.55. The van der Waals surface area contributed by atoms with Gasteiger partial charge in [-0.15, -0.1) is 11.3 Å². The van der Waals surface area contributed by atoms with Crippen molar-refractivity contribution in [1.29, 1.82) is 0 Å². The van der Waals surface area contributed by atoms with Gasteiger partial charge in [0.05, 0.1) is 11.9 Å². The molecule has 0 aliphatic heterocycles. The fourth-order valence-corrected chi connectivity index (χ4v) is 2.18. The number of benzene rings is 1. The molecule has 2 heterocycles. The monoisotopic (exact) mass is 212 g/mol. The van der Waals surface area contributed by atoms with Gasteiger partial charge in [0, 0.05) is 5.56 Å². The second kappa shape index (κ2) is 3.44. The molecule has 3 rings (SSSR count). The minimum absolute atomic E-state index is 0.932. The summed E-state index contributed by atoms with van der Waals surface area (Å²) in [6.07, 6.45) is 1.83. The van der Waals surface area contributed by atoms with Crippen LogP contribution in [0, 0.1) is 0 Å². The van der Waals surface area contributed by atoms with Crippen LogP contribution in [0.2, 0.25) is 0 Å². The van der Waals surface area contributed by atoms with Crippen LogP contribution in [-0.4, -0.2) is 9.97 Å². The van der Waals surface area contributed by atoms with E-state index in [1.807, 2.05) is 48.0 Å². The van der Waals surface area contributed by atoms with Crippen molar-refractivity contribution in [2.24, 2.45) is 0 Å². The second-order valence-corrected chi connectivity index (χ2v) is 4.13. The van der Waals surface area contributed by atoms with Gasteiger partial charge in [0.15, 0.2) is 0 Å². The van der Waals surface area contributed by atoms with Crippen LogP contribution in [0.5, 0.6) is 0 Å². The van der Waals surface area contributed by atoms with Crippen LogP contribution in [0.1, 0.15) is 0 Å². The number of nitrogens with zero attached hydrogens (tertiary/aromatic N) is 2. The van der Waals surface area contributed by atoms with Crippen molar-refractivity contribution in [2.45, 2.75) is 0 Å². The van der Waals surface area contributed by atoms with Crippen LogP contribution in [0.25, 0.3) is 21.6 Å². The van der Waals surface area contributed by atoms with Gasteiger partial charge in [-0.1, -0.05) is 30.3 Å². The topological polar surface area (TPSA) is 25.8 Å². The minimum atomic E-state index is 0.932. The van der Waals surface area contributed by atoms with Crippen LogP contribution in [0.4, 0.5) is 0 Å². The molecule has 1 aromatic carbocycles. The van der Waals surface area contributed by atoms with Gasteiger partial charge in [0.25, 0.3) is 0 Å². The first-order valence-electron chi connectivity index (χ1n) is 4.69. The minimum Gasteiger partial charge on any atom is -0.244 e. The van der Waals surface area contributed by atoms with Gasteiger partial charge in [-0.25, -0.2) is 9.97 Å². The van der Waals surface area contributed by atoms with Gasteiger partial charge in [-0.05, 0) is 11.4 Å². The Balaban J connectivity index is 2.19. The Morgan fingerprint density at radius 3 is 2.73 bits per heavy atom. The molecule has 0 spiro atoms. The van der Waals surface area contributed by atoms with Gasteiger partial charge in [-0.2, -0.15) is 0 Å². The van der Waals surface area contributed by atoms with E-state index in [9.17, 15) is 0 Å². The van der Waals surface area contributed by atoms with E-state index >= 15 is 0 Å². The number of hydrogen-bond acceptors (Lipinski definition) is 3. The Morgan fingerprint density at radius 1 is 1.00 bits per heavy atom. The number of thiophene rings is 1. The van der Waals surface area contributed by atoms with Crippen molar-refractivity contribution in [3.63, 3.8) is 0 Å². The fraction of sp³-hybridized carbons (Fsp3) is 0. The lowest BCUT2D eigenvalue weighted by Gasteiger charge is -1.99. The van der Waals surface area contributed by atoms with Crippen molar-refractivity contribution in [3.8, 4) is 11.3 Å². The van der Waals surface area contributed by atoms with E-state index in [4.69, 9.17) is 0 Å². The zero-order chi connectivity index (χ0) is 10.1. The van der Waals surface area contributed by atoms with Crippen molar-refractivity contribution < 1.29 is 0 Å². The molecule has 2 aromatic heterocycles. The largest absolute Gasteiger partial charge is 0.244 e. The second-order valence-electron chi connectivity index (χ2n) is 3.23. The highest BCUT2D eigenvalue weighted by Gasteiger charge is 2.02. The SMILES string of the molecule is c1ccc(-c2cnc3sccc3n2)cc1. The predicted octanol–water partition coefficient (Wildman–Crippen LogP) is 3.36. The highest BCUT2D eigenvalue weighted by atomic mass is 32.1. The van der Waals surface area contributed by atoms with Crippen LogP contribution < -0.4 is 0 Å². The molecule has 0 fully saturated rings. The molecule has 2 nitrogen and oxygen atoms in total. The Morgan fingerprint density at radius 2 is 1.87 bits per heavy atom. The van der Waals surface area contributed by atoms with Gasteiger partial charge in [0.2, 0.25) is 0 Å². The summed E-state index contributed by atoms with van der Waals surface area (Å²) in [5.41, 5.74) is 3.01. The molecule has 0 atom stereocenters. The van der Waals surface area contributed by atoms with Crippen LogP contribution in [0.15, 0.2) is 48.0 Å². The number of fused-ring (bicyclic) bond motifs is 1. The molecule has 72 valence electrons. The van der Waals surface area contributed by atoms with E-state index in [0.717, 1.165) is 21.6 Å². The molecular formula is C12H8N2S. The summed E-state index contributed by atoms with van der Waals surface area (Å²) in [4.78, 5) is 9.92. The lowest BCUT2D eigenvalue weighted by Crippen LogP contribution is -1.84. The molecule has 0 radical (unpaired) electrons. The van der Waals surface area contributed by atoms with E-state index in [0.29, 0.717) is 0 Å². The van der Waals surface area contributed by atoms with Crippen LogP contribution >= 0.6 is 11.3 Å². The van der Waals surface area contributed by atoms with Gasteiger partial charge >= 0.3 is 0 Å². The van der Waals surface area contributed by atoms with Gasteiger partial charge in [0.1, 0.15) is 10.3 Å². The lowest BCUT2D eigenvalue weighted by atomic mass is 10.2. The van der Waals surface area contributed by atoms with Crippen molar-refractivity contribution in [2.75, 3.05) is 0 Å². The molecule has 0 aliphatic rings. The Hall–Kier alpha value is -1.74. The smallest absolute Gasteiger partial charge is 0.141 e. The molecule has 15 heavy (non-hydrogen) atoms. The molecule has 0 saturated carbocycles. The molecule has 0 N–H and O–H groups in total. The third-order valence-electron chi connectivity index (χ3n) is 2.24. The van der Waals surface area contributed by atoms with Crippen LogP contribution in [0.3, 0.4) is 0 Å². The number of hydrogen-bond donors (Lipinski definition) is 0. The fourth-order valence-electron chi connectivity index (χ4n) is 1.50. The maximum absolute atomic E-state index is 4.55.